The molecular formula is C14H23ClN2O. The Kier molecular flexibility index (Phi) is 7.09. The zero-order valence-electron chi connectivity index (χ0n) is 11.5. The van der Waals surface area contributed by atoms with Gasteiger partial charge in [-0.25, -0.2) is 0 Å². The van der Waals surface area contributed by atoms with E-state index in [1.165, 1.54) is 5.69 Å². The fourth-order valence-corrected chi connectivity index (χ4v) is 2.06. The first-order valence-corrected chi connectivity index (χ1v) is 6.76. The highest BCUT2D eigenvalue weighted by molar-refractivity contribution is 6.31. The van der Waals surface area contributed by atoms with Crippen molar-refractivity contribution >= 4 is 17.3 Å². The Morgan fingerprint density at radius 3 is 2.83 bits per heavy atom. The molecule has 102 valence electrons. The number of nitrogens with one attached hydrogen (secondary N) is 1. The Morgan fingerprint density at radius 2 is 2.17 bits per heavy atom. The molecule has 1 rings (SSSR count). The van der Waals surface area contributed by atoms with Crippen LogP contribution in [0.4, 0.5) is 5.69 Å². The van der Waals surface area contributed by atoms with Crippen molar-refractivity contribution in [3.05, 3.63) is 28.8 Å². The fourth-order valence-electron chi connectivity index (χ4n) is 1.82. The molecule has 0 aromatic heterocycles. The van der Waals surface area contributed by atoms with Crippen LogP contribution in [-0.2, 0) is 11.3 Å². The molecular weight excluding hydrogens is 248 g/mol. The Labute approximate surface area is 115 Å². The van der Waals surface area contributed by atoms with Crippen molar-refractivity contribution in [1.29, 1.82) is 0 Å². The molecule has 0 radical (unpaired) electrons. The molecule has 0 fully saturated rings. The van der Waals surface area contributed by atoms with Crippen LogP contribution in [0.1, 0.15) is 18.9 Å². The van der Waals surface area contributed by atoms with E-state index < -0.39 is 0 Å². The Hall–Kier alpha value is -0.770. The first-order chi connectivity index (χ1) is 8.70. The quantitative estimate of drug-likeness (QED) is 0.735. The molecule has 1 aromatic carbocycles. The Balaban J connectivity index is 2.78. The van der Waals surface area contributed by atoms with E-state index >= 15 is 0 Å². The summed E-state index contributed by atoms with van der Waals surface area (Å²) in [4.78, 5) is 2.18. The molecule has 0 aliphatic carbocycles. The molecule has 0 saturated heterocycles. The van der Waals surface area contributed by atoms with Crippen LogP contribution in [0.15, 0.2) is 18.2 Å². The van der Waals surface area contributed by atoms with Gasteiger partial charge in [0.2, 0.25) is 0 Å². The summed E-state index contributed by atoms with van der Waals surface area (Å²) in [7, 11) is 3.78. The maximum Gasteiger partial charge on any atom is 0.0637 e. The molecule has 0 unspecified atom stereocenters. The molecule has 0 spiro atoms. The first kappa shape index (κ1) is 15.3. The van der Waals surface area contributed by atoms with Crippen molar-refractivity contribution < 1.29 is 4.74 Å². The van der Waals surface area contributed by atoms with E-state index in [1.807, 2.05) is 12.1 Å². The average molecular weight is 271 g/mol. The molecule has 0 bridgehead atoms. The van der Waals surface area contributed by atoms with Gasteiger partial charge >= 0.3 is 0 Å². The monoisotopic (exact) mass is 270 g/mol. The number of anilines is 1. The predicted molar refractivity (Wildman–Crippen MR) is 78.6 cm³/mol. The minimum Gasteiger partial charge on any atom is -0.383 e. The minimum atomic E-state index is 0.713. The van der Waals surface area contributed by atoms with E-state index in [0.29, 0.717) is 6.61 Å². The number of benzene rings is 1. The lowest BCUT2D eigenvalue weighted by Crippen LogP contribution is -2.25. The zero-order chi connectivity index (χ0) is 13.4. The number of nitrogens with zero attached hydrogens (tertiary/aromatic N) is 1. The fraction of sp³-hybridized carbons (Fsp3) is 0.571. The highest BCUT2D eigenvalue weighted by Gasteiger charge is 2.10. The van der Waals surface area contributed by atoms with Gasteiger partial charge in [-0.15, -0.1) is 0 Å². The molecule has 4 heteroatoms. The van der Waals surface area contributed by atoms with Crippen LogP contribution < -0.4 is 10.2 Å². The van der Waals surface area contributed by atoms with Gasteiger partial charge in [0.05, 0.1) is 6.61 Å². The van der Waals surface area contributed by atoms with Gasteiger partial charge in [-0.05, 0) is 25.1 Å². The normalized spacial score (nSPS) is 10.7. The van der Waals surface area contributed by atoms with Gasteiger partial charge in [-0.3, -0.25) is 0 Å². The van der Waals surface area contributed by atoms with E-state index in [4.69, 9.17) is 16.3 Å². The number of methoxy groups -OCH3 is 1. The van der Waals surface area contributed by atoms with Gasteiger partial charge < -0.3 is 15.0 Å². The molecule has 3 nitrogen and oxygen atoms in total. The third-order valence-corrected chi connectivity index (χ3v) is 3.22. The summed E-state index contributed by atoms with van der Waals surface area (Å²) < 4.78 is 5.11. The number of hydrogen-bond acceptors (Lipinski definition) is 3. The van der Waals surface area contributed by atoms with E-state index in [-0.39, 0.29) is 0 Å². The second kappa shape index (κ2) is 8.35. The van der Waals surface area contributed by atoms with Crippen LogP contribution >= 0.6 is 11.6 Å². The van der Waals surface area contributed by atoms with Crippen molar-refractivity contribution in [3.8, 4) is 0 Å². The van der Waals surface area contributed by atoms with Gasteiger partial charge in [-0.2, -0.15) is 0 Å². The number of halogens is 1. The summed E-state index contributed by atoms with van der Waals surface area (Å²) in [6.45, 7) is 5.54. The van der Waals surface area contributed by atoms with Crippen molar-refractivity contribution in [3.63, 3.8) is 0 Å². The summed E-state index contributed by atoms with van der Waals surface area (Å²) in [5, 5.41) is 4.22. The van der Waals surface area contributed by atoms with E-state index in [0.717, 1.165) is 36.6 Å². The Bertz CT molecular complexity index is 358. The SMILES string of the molecule is CCCNCc1c(Cl)cccc1N(C)CCOC. The van der Waals surface area contributed by atoms with Crippen molar-refractivity contribution in [2.45, 2.75) is 19.9 Å². The lowest BCUT2D eigenvalue weighted by Gasteiger charge is -2.23. The average Bonchev–Trinajstić information content (AvgIpc) is 2.38. The van der Waals surface area contributed by atoms with Crippen molar-refractivity contribution in [2.75, 3.05) is 38.8 Å². The third-order valence-electron chi connectivity index (χ3n) is 2.86. The molecule has 0 amide bonds. The van der Waals surface area contributed by atoms with Crippen LogP contribution in [0.2, 0.25) is 5.02 Å². The highest BCUT2D eigenvalue weighted by atomic mass is 35.5. The maximum atomic E-state index is 6.29. The molecule has 0 atom stereocenters. The van der Waals surface area contributed by atoms with Crippen LogP contribution in [-0.4, -0.2) is 33.9 Å². The zero-order valence-corrected chi connectivity index (χ0v) is 12.3. The highest BCUT2D eigenvalue weighted by Crippen LogP contribution is 2.26. The second-order valence-corrected chi connectivity index (χ2v) is 4.74. The standard InChI is InChI=1S/C14H23ClN2O/c1-4-8-16-11-12-13(15)6-5-7-14(12)17(2)9-10-18-3/h5-7,16H,4,8-11H2,1-3H3. The second-order valence-electron chi connectivity index (χ2n) is 4.33. The summed E-state index contributed by atoms with van der Waals surface area (Å²) in [5.74, 6) is 0. The van der Waals surface area contributed by atoms with Gasteiger partial charge in [0.1, 0.15) is 0 Å². The van der Waals surface area contributed by atoms with Gasteiger partial charge in [0.15, 0.2) is 0 Å². The van der Waals surface area contributed by atoms with E-state index in [1.54, 1.807) is 7.11 Å². The number of hydrogen-bond donors (Lipinski definition) is 1. The van der Waals surface area contributed by atoms with Crippen LogP contribution in [0.25, 0.3) is 0 Å². The van der Waals surface area contributed by atoms with Crippen molar-refractivity contribution in [1.82, 2.24) is 5.32 Å². The molecule has 0 aliphatic rings. The predicted octanol–water partition coefficient (Wildman–Crippen LogP) is 2.92. The summed E-state index contributed by atoms with van der Waals surface area (Å²) in [5.41, 5.74) is 2.33. The number of likely N-dealkylation sites (N-methyl/N-ethyl adjacent to an activating group) is 1. The van der Waals surface area contributed by atoms with Crippen molar-refractivity contribution in [2.24, 2.45) is 0 Å². The third kappa shape index (κ3) is 4.48. The lowest BCUT2D eigenvalue weighted by molar-refractivity contribution is 0.206. The van der Waals surface area contributed by atoms with Crippen LogP contribution in [0.3, 0.4) is 0 Å². The lowest BCUT2D eigenvalue weighted by atomic mass is 10.1. The van der Waals surface area contributed by atoms with Gasteiger partial charge in [0, 0.05) is 43.5 Å². The molecule has 0 saturated carbocycles. The summed E-state index contributed by atoms with van der Waals surface area (Å²) >= 11 is 6.29. The summed E-state index contributed by atoms with van der Waals surface area (Å²) in [6.07, 6.45) is 1.12. The molecule has 0 aliphatic heterocycles. The largest absolute Gasteiger partial charge is 0.383 e. The Morgan fingerprint density at radius 1 is 1.39 bits per heavy atom. The van der Waals surface area contributed by atoms with Crippen LogP contribution in [0.5, 0.6) is 0 Å². The topological polar surface area (TPSA) is 24.5 Å². The maximum absolute atomic E-state index is 6.29. The molecule has 1 aromatic rings. The van der Waals surface area contributed by atoms with E-state index in [2.05, 4.69) is 30.3 Å². The minimum absolute atomic E-state index is 0.713. The van der Waals surface area contributed by atoms with E-state index in [9.17, 15) is 0 Å². The number of rotatable bonds is 8. The molecule has 18 heavy (non-hydrogen) atoms. The smallest absolute Gasteiger partial charge is 0.0637 e. The van der Waals surface area contributed by atoms with Gasteiger partial charge in [0.25, 0.3) is 0 Å². The van der Waals surface area contributed by atoms with Gasteiger partial charge in [-0.1, -0.05) is 24.6 Å². The molecule has 0 heterocycles. The van der Waals surface area contributed by atoms with Crippen LogP contribution in [0, 0.1) is 0 Å². The first-order valence-electron chi connectivity index (χ1n) is 6.38. The summed E-state index contributed by atoms with van der Waals surface area (Å²) in [6, 6.07) is 6.03. The number of ether oxygens (including phenoxy) is 1. The molecule has 1 N–H and O–H groups in total.